The Balaban J connectivity index is 0.00000169. The molecule has 2 atom stereocenters. The SMILES string of the molecule is CN(C(=O)c1ccc(-c2ccccc2)[nH]1)C1CC2CCC(C1)N2.Cl. The second kappa shape index (κ2) is 6.99. The quantitative estimate of drug-likeness (QED) is 0.895. The van der Waals surface area contributed by atoms with E-state index in [1.807, 2.05) is 54.4 Å². The summed E-state index contributed by atoms with van der Waals surface area (Å²) in [6.45, 7) is 0. The fourth-order valence-electron chi connectivity index (χ4n) is 4.01. The summed E-state index contributed by atoms with van der Waals surface area (Å²) in [7, 11) is 1.95. The van der Waals surface area contributed by atoms with Gasteiger partial charge >= 0.3 is 0 Å². The first kappa shape index (κ1) is 17.1. The molecule has 2 aliphatic rings. The highest BCUT2D eigenvalue weighted by atomic mass is 35.5. The molecule has 5 heteroatoms. The van der Waals surface area contributed by atoms with Gasteiger partial charge in [0.15, 0.2) is 0 Å². The predicted octanol–water partition coefficient (Wildman–Crippen LogP) is 3.46. The molecule has 2 fully saturated rings. The van der Waals surface area contributed by atoms with Gasteiger partial charge in [-0.25, -0.2) is 0 Å². The van der Waals surface area contributed by atoms with Crippen LogP contribution in [0.1, 0.15) is 36.2 Å². The molecule has 0 aliphatic carbocycles. The molecular formula is C19H24ClN3O. The van der Waals surface area contributed by atoms with Crippen molar-refractivity contribution in [2.45, 2.75) is 43.8 Å². The van der Waals surface area contributed by atoms with E-state index in [2.05, 4.69) is 10.3 Å². The van der Waals surface area contributed by atoms with Crippen molar-refractivity contribution in [2.24, 2.45) is 0 Å². The maximum atomic E-state index is 12.8. The normalized spacial score (nSPS) is 25.1. The number of amides is 1. The molecule has 2 N–H and O–H groups in total. The number of carbonyl (C=O) groups excluding carboxylic acids is 1. The average molecular weight is 346 g/mol. The first-order valence-corrected chi connectivity index (χ1v) is 8.48. The zero-order valence-electron chi connectivity index (χ0n) is 13.9. The Morgan fingerprint density at radius 3 is 2.38 bits per heavy atom. The highest BCUT2D eigenvalue weighted by molar-refractivity contribution is 5.93. The zero-order valence-corrected chi connectivity index (χ0v) is 14.7. The summed E-state index contributed by atoms with van der Waals surface area (Å²) in [5, 5.41) is 3.63. The van der Waals surface area contributed by atoms with Crippen LogP contribution in [0, 0.1) is 0 Å². The van der Waals surface area contributed by atoms with Crippen molar-refractivity contribution < 1.29 is 4.79 Å². The lowest BCUT2D eigenvalue weighted by atomic mass is 9.98. The second-order valence-electron chi connectivity index (χ2n) is 6.83. The summed E-state index contributed by atoms with van der Waals surface area (Å²) >= 11 is 0. The lowest BCUT2D eigenvalue weighted by molar-refractivity contribution is 0.0676. The molecule has 3 heterocycles. The van der Waals surface area contributed by atoms with E-state index in [4.69, 9.17) is 0 Å². The van der Waals surface area contributed by atoms with E-state index < -0.39 is 0 Å². The van der Waals surface area contributed by atoms with Crippen LogP contribution in [-0.2, 0) is 0 Å². The minimum absolute atomic E-state index is 0. The molecule has 4 rings (SSSR count). The van der Waals surface area contributed by atoms with Gasteiger partial charge in [-0.3, -0.25) is 4.79 Å². The third-order valence-corrected chi connectivity index (χ3v) is 5.32. The van der Waals surface area contributed by atoms with Gasteiger partial charge in [0.25, 0.3) is 5.91 Å². The number of piperidine rings is 1. The van der Waals surface area contributed by atoms with Crippen molar-refractivity contribution in [1.29, 1.82) is 0 Å². The molecular weight excluding hydrogens is 322 g/mol. The van der Waals surface area contributed by atoms with Crippen molar-refractivity contribution >= 4 is 18.3 Å². The maximum absolute atomic E-state index is 12.8. The summed E-state index contributed by atoms with van der Waals surface area (Å²) in [6.07, 6.45) is 4.66. The summed E-state index contributed by atoms with van der Waals surface area (Å²) in [5.41, 5.74) is 2.78. The lowest BCUT2D eigenvalue weighted by Gasteiger charge is -2.35. The minimum Gasteiger partial charge on any atom is -0.351 e. The topological polar surface area (TPSA) is 48.1 Å². The molecule has 24 heavy (non-hydrogen) atoms. The number of rotatable bonds is 3. The molecule has 1 aromatic heterocycles. The van der Waals surface area contributed by atoms with Crippen LogP contribution in [0.3, 0.4) is 0 Å². The molecule has 0 spiro atoms. The molecule has 2 saturated heterocycles. The van der Waals surface area contributed by atoms with Gasteiger partial charge in [0.05, 0.1) is 0 Å². The van der Waals surface area contributed by atoms with Crippen LogP contribution < -0.4 is 5.32 Å². The van der Waals surface area contributed by atoms with E-state index in [0.29, 0.717) is 23.8 Å². The second-order valence-corrected chi connectivity index (χ2v) is 6.83. The van der Waals surface area contributed by atoms with Gasteiger partial charge in [0.1, 0.15) is 5.69 Å². The van der Waals surface area contributed by atoms with E-state index >= 15 is 0 Å². The zero-order chi connectivity index (χ0) is 15.8. The first-order chi connectivity index (χ1) is 11.2. The van der Waals surface area contributed by atoms with Crippen LogP contribution in [0.4, 0.5) is 0 Å². The van der Waals surface area contributed by atoms with Gasteiger partial charge in [0, 0.05) is 30.9 Å². The Labute approximate surface area is 149 Å². The Morgan fingerprint density at radius 2 is 1.71 bits per heavy atom. The van der Waals surface area contributed by atoms with Crippen LogP contribution in [0.15, 0.2) is 42.5 Å². The third kappa shape index (κ3) is 3.21. The lowest BCUT2D eigenvalue weighted by Crippen LogP contribution is -2.48. The van der Waals surface area contributed by atoms with Gasteiger partial charge < -0.3 is 15.2 Å². The molecule has 1 amide bonds. The van der Waals surface area contributed by atoms with Crippen molar-refractivity contribution in [2.75, 3.05) is 7.05 Å². The van der Waals surface area contributed by atoms with Crippen LogP contribution in [0.25, 0.3) is 11.3 Å². The first-order valence-electron chi connectivity index (χ1n) is 8.48. The predicted molar refractivity (Wildman–Crippen MR) is 98.5 cm³/mol. The molecule has 2 aromatic rings. The van der Waals surface area contributed by atoms with Gasteiger partial charge in [-0.15, -0.1) is 12.4 Å². The fourth-order valence-corrected chi connectivity index (χ4v) is 4.01. The van der Waals surface area contributed by atoms with Crippen molar-refractivity contribution in [3.63, 3.8) is 0 Å². The number of aromatic amines is 1. The Morgan fingerprint density at radius 1 is 1.04 bits per heavy atom. The molecule has 4 nitrogen and oxygen atoms in total. The Kier molecular flexibility index (Phi) is 4.97. The van der Waals surface area contributed by atoms with E-state index in [9.17, 15) is 4.79 Å². The Hall–Kier alpha value is -1.78. The molecule has 2 aliphatic heterocycles. The van der Waals surface area contributed by atoms with E-state index in [1.54, 1.807) is 0 Å². The molecule has 0 saturated carbocycles. The summed E-state index contributed by atoms with van der Waals surface area (Å²) in [6, 6.07) is 15.5. The van der Waals surface area contributed by atoms with Gasteiger partial charge in [-0.1, -0.05) is 30.3 Å². The highest BCUT2D eigenvalue weighted by Gasteiger charge is 2.36. The largest absolute Gasteiger partial charge is 0.351 e. The summed E-state index contributed by atoms with van der Waals surface area (Å²) < 4.78 is 0. The number of nitrogens with one attached hydrogen (secondary N) is 2. The maximum Gasteiger partial charge on any atom is 0.270 e. The third-order valence-electron chi connectivity index (χ3n) is 5.32. The minimum atomic E-state index is 0. The number of fused-ring (bicyclic) bond motifs is 2. The number of hydrogen-bond donors (Lipinski definition) is 2. The number of carbonyl (C=O) groups is 1. The number of H-pyrrole nitrogens is 1. The van der Waals surface area contributed by atoms with Crippen LogP contribution in [0.5, 0.6) is 0 Å². The summed E-state index contributed by atoms with van der Waals surface area (Å²) in [5.74, 6) is 0.0958. The van der Waals surface area contributed by atoms with E-state index in [1.165, 1.54) is 12.8 Å². The molecule has 1 aromatic carbocycles. The van der Waals surface area contributed by atoms with Gasteiger partial charge in [-0.2, -0.15) is 0 Å². The fraction of sp³-hybridized carbons (Fsp3) is 0.421. The van der Waals surface area contributed by atoms with Crippen LogP contribution in [-0.4, -0.2) is 41.0 Å². The van der Waals surface area contributed by atoms with Crippen molar-refractivity contribution in [1.82, 2.24) is 15.2 Å². The number of hydrogen-bond acceptors (Lipinski definition) is 2. The highest BCUT2D eigenvalue weighted by Crippen LogP contribution is 2.30. The number of aromatic nitrogens is 1. The Bertz CT molecular complexity index is 688. The molecule has 128 valence electrons. The molecule has 2 unspecified atom stereocenters. The molecule has 0 radical (unpaired) electrons. The van der Waals surface area contributed by atoms with Crippen LogP contribution in [0.2, 0.25) is 0 Å². The van der Waals surface area contributed by atoms with Crippen molar-refractivity contribution in [3.8, 4) is 11.3 Å². The summed E-state index contributed by atoms with van der Waals surface area (Å²) in [4.78, 5) is 18.0. The van der Waals surface area contributed by atoms with E-state index in [0.717, 1.165) is 24.1 Å². The number of nitrogens with zero attached hydrogens (tertiary/aromatic N) is 1. The van der Waals surface area contributed by atoms with Gasteiger partial charge in [-0.05, 0) is 43.4 Å². The van der Waals surface area contributed by atoms with E-state index in [-0.39, 0.29) is 18.3 Å². The number of benzene rings is 1. The van der Waals surface area contributed by atoms with Crippen LogP contribution >= 0.6 is 12.4 Å². The number of halogens is 1. The standard InChI is InChI=1S/C19H23N3O.ClH/c1-22(16-11-14-7-8-15(12-16)20-14)19(23)18-10-9-17(21-18)13-5-3-2-4-6-13;/h2-6,9-10,14-16,20-21H,7-8,11-12H2,1H3;1H. The van der Waals surface area contributed by atoms with Crippen molar-refractivity contribution in [3.05, 3.63) is 48.2 Å². The molecule has 2 bridgehead atoms. The smallest absolute Gasteiger partial charge is 0.270 e. The van der Waals surface area contributed by atoms with Gasteiger partial charge in [0.2, 0.25) is 0 Å². The average Bonchev–Trinajstić information content (AvgIpc) is 3.21. The monoisotopic (exact) mass is 345 g/mol.